The van der Waals surface area contributed by atoms with Gasteiger partial charge in [-0.15, -0.1) is 11.3 Å². The summed E-state index contributed by atoms with van der Waals surface area (Å²) in [5.41, 5.74) is 11.0. The lowest BCUT2D eigenvalue weighted by atomic mass is 10.1. The lowest BCUT2D eigenvalue weighted by molar-refractivity contribution is 0.913. The topological polar surface area (TPSA) is 29.3 Å². The summed E-state index contributed by atoms with van der Waals surface area (Å²) in [6, 6.07) is 8.85. The summed E-state index contributed by atoms with van der Waals surface area (Å²) >= 11 is 1.81. The predicted octanol–water partition coefficient (Wildman–Crippen LogP) is 3.77. The SMILES string of the molecule is Cc1ccc(N(C)Cc2cc(CN)sc2C)c(C)c1. The molecule has 0 bridgehead atoms. The van der Waals surface area contributed by atoms with E-state index in [0.717, 1.165) is 6.54 Å². The zero-order valence-electron chi connectivity index (χ0n) is 12.2. The monoisotopic (exact) mass is 274 g/mol. The van der Waals surface area contributed by atoms with Gasteiger partial charge in [0.05, 0.1) is 0 Å². The van der Waals surface area contributed by atoms with Crippen LogP contribution in [0.4, 0.5) is 5.69 Å². The highest BCUT2D eigenvalue weighted by atomic mass is 32.1. The maximum atomic E-state index is 5.71. The van der Waals surface area contributed by atoms with E-state index in [1.54, 1.807) is 11.3 Å². The molecule has 3 heteroatoms. The summed E-state index contributed by atoms with van der Waals surface area (Å²) in [6.07, 6.45) is 0. The first-order chi connectivity index (χ1) is 9.01. The summed E-state index contributed by atoms with van der Waals surface area (Å²) in [4.78, 5) is 4.95. The first-order valence-electron chi connectivity index (χ1n) is 6.58. The van der Waals surface area contributed by atoms with Crippen molar-refractivity contribution < 1.29 is 0 Å². The van der Waals surface area contributed by atoms with Crippen LogP contribution >= 0.6 is 11.3 Å². The number of anilines is 1. The van der Waals surface area contributed by atoms with Crippen LogP contribution in [-0.2, 0) is 13.1 Å². The largest absolute Gasteiger partial charge is 0.370 e. The molecule has 102 valence electrons. The molecule has 0 amide bonds. The van der Waals surface area contributed by atoms with Gasteiger partial charge in [-0.05, 0) is 44.0 Å². The molecule has 1 aromatic heterocycles. The Balaban J connectivity index is 2.20. The lowest BCUT2D eigenvalue weighted by Gasteiger charge is -2.21. The molecule has 0 aliphatic heterocycles. The Morgan fingerprint density at radius 3 is 2.47 bits per heavy atom. The third-order valence-corrected chi connectivity index (χ3v) is 4.56. The van der Waals surface area contributed by atoms with Crippen LogP contribution in [-0.4, -0.2) is 7.05 Å². The van der Waals surface area contributed by atoms with E-state index in [0.29, 0.717) is 6.54 Å². The van der Waals surface area contributed by atoms with Gasteiger partial charge in [-0.25, -0.2) is 0 Å². The maximum Gasteiger partial charge on any atom is 0.0437 e. The van der Waals surface area contributed by atoms with Crippen molar-refractivity contribution in [3.8, 4) is 0 Å². The predicted molar refractivity (Wildman–Crippen MR) is 85.0 cm³/mol. The maximum absolute atomic E-state index is 5.71. The van der Waals surface area contributed by atoms with Crippen molar-refractivity contribution in [3.63, 3.8) is 0 Å². The van der Waals surface area contributed by atoms with E-state index in [2.05, 4.69) is 57.0 Å². The van der Waals surface area contributed by atoms with Gasteiger partial charge in [0.25, 0.3) is 0 Å². The first kappa shape index (κ1) is 14.1. The molecule has 0 saturated heterocycles. The summed E-state index contributed by atoms with van der Waals surface area (Å²) in [6.45, 7) is 8.05. The van der Waals surface area contributed by atoms with E-state index in [4.69, 9.17) is 5.73 Å². The molecule has 2 N–H and O–H groups in total. The zero-order valence-corrected chi connectivity index (χ0v) is 13.0. The molecule has 0 saturated carbocycles. The first-order valence-corrected chi connectivity index (χ1v) is 7.39. The highest BCUT2D eigenvalue weighted by Crippen LogP contribution is 2.26. The normalized spacial score (nSPS) is 10.8. The Morgan fingerprint density at radius 2 is 1.89 bits per heavy atom. The summed E-state index contributed by atoms with van der Waals surface area (Å²) < 4.78 is 0. The smallest absolute Gasteiger partial charge is 0.0437 e. The molecule has 2 aromatic rings. The minimum Gasteiger partial charge on any atom is -0.370 e. The van der Waals surface area contributed by atoms with Crippen LogP contribution in [0.2, 0.25) is 0 Å². The van der Waals surface area contributed by atoms with Crippen LogP contribution in [0.3, 0.4) is 0 Å². The molecule has 0 aliphatic rings. The lowest BCUT2D eigenvalue weighted by Crippen LogP contribution is -2.17. The van der Waals surface area contributed by atoms with Crippen molar-refractivity contribution in [1.29, 1.82) is 0 Å². The fourth-order valence-electron chi connectivity index (χ4n) is 2.42. The summed E-state index contributed by atoms with van der Waals surface area (Å²) in [7, 11) is 2.15. The summed E-state index contributed by atoms with van der Waals surface area (Å²) in [5.74, 6) is 0. The van der Waals surface area contributed by atoms with Gasteiger partial charge in [0.1, 0.15) is 0 Å². The van der Waals surface area contributed by atoms with Crippen LogP contribution in [0.5, 0.6) is 0 Å². The fraction of sp³-hybridized carbons (Fsp3) is 0.375. The van der Waals surface area contributed by atoms with Gasteiger partial charge in [0, 0.05) is 35.6 Å². The third kappa shape index (κ3) is 3.17. The van der Waals surface area contributed by atoms with Crippen LogP contribution in [0, 0.1) is 20.8 Å². The highest BCUT2D eigenvalue weighted by Gasteiger charge is 2.09. The van der Waals surface area contributed by atoms with E-state index >= 15 is 0 Å². The van der Waals surface area contributed by atoms with E-state index in [1.807, 2.05) is 0 Å². The average molecular weight is 274 g/mol. The van der Waals surface area contributed by atoms with Crippen molar-refractivity contribution in [2.24, 2.45) is 5.73 Å². The van der Waals surface area contributed by atoms with E-state index < -0.39 is 0 Å². The number of aryl methyl sites for hydroxylation is 3. The molecule has 0 radical (unpaired) electrons. The van der Waals surface area contributed by atoms with Crippen molar-refractivity contribution in [2.75, 3.05) is 11.9 Å². The molecule has 2 rings (SSSR count). The van der Waals surface area contributed by atoms with Crippen molar-refractivity contribution in [1.82, 2.24) is 0 Å². The molecular formula is C16H22N2S. The Kier molecular flexibility index (Phi) is 4.27. The molecule has 0 unspecified atom stereocenters. The molecule has 0 atom stereocenters. The van der Waals surface area contributed by atoms with Crippen LogP contribution in [0.1, 0.15) is 26.4 Å². The Bertz CT molecular complexity index is 572. The molecule has 19 heavy (non-hydrogen) atoms. The van der Waals surface area contributed by atoms with Gasteiger partial charge < -0.3 is 10.6 Å². The van der Waals surface area contributed by atoms with Crippen LogP contribution in [0.15, 0.2) is 24.3 Å². The number of nitrogens with two attached hydrogens (primary N) is 1. The molecule has 1 heterocycles. The number of rotatable bonds is 4. The summed E-state index contributed by atoms with van der Waals surface area (Å²) in [5, 5.41) is 0. The molecule has 0 spiro atoms. The molecule has 0 aliphatic carbocycles. The number of hydrogen-bond donors (Lipinski definition) is 1. The quantitative estimate of drug-likeness (QED) is 0.919. The molecular weight excluding hydrogens is 252 g/mol. The van der Waals surface area contributed by atoms with E-state index in [1.165, 1.54) is 32.1 Å². The van der Waals surface area contributed by atoms with Gasteiger partial charge in [-0.2, -0.15) is 0 Å². The van der Waals surface area contributed by atoms with Gasteiger partial charge in [0.2, 0.25) is 0 Å². The Labute approximate surface area is 119 Å². The van der Waals surface area contributed by atoms with Crippen molar-refractivity contribution >= 4 is 17.0 Å². The molecule has 1 aromatic carbocycles. The number of nitrogens with zero attached hydrogens (tertiary/aromatic N) is 1. The number of benzene rings is 1. The highest BCUT2D eigenvalue weighted by molar-refractivity contribution is 7.12. The van der Waals surface area contributed by atoms with Crippen LogP contribution in [0.25, 0.3) is 0 Å². The van der Waals surface area contributed by atoms with Gasteiger partial charge in [-0.3, -0.25) is 0 Å². The minimum atomic E-state index is 0.638. The fourth-order valence-corrected chi connectivity index (χ4v) is 3.35. The minimum absolute atomic E-state index is 0.638. The third-order valence-electron chi connectivity index (χ3n) is 3.44. The second kappa shape index (κ2) is 5.76. The Hall–Kier alpha value is -1.32. The van der Waals surface area contributed by atoms with Crippen molar-refractivity contribution in [2.45, 2.75) is 33.9 Å². The van der Waals surface area contributed by atoms with Gasteiger partial charge >= 0.3 is 0 Å². The van der Waals surface area contributed by atoms with E-state index in [9.17, 15) is 0 Å². The van der Waals surface area contributed by atoms with E-state index in [-0.39, 0.29) is 0 Å². The molecule has 2 nitrogen and oxygen atoms in total. The van der Waals surface area contributed by atoms with Gasteiger partial charge in [-0.1, -0.05) is 17.7 Å². The number of hydrogen-bond acceptors (Lipinski definition) is 3. The second-order valence-corrected chi connectivity index (χ2v) is 6.49. The standard InChI is InChI=1S/C16H22N2S/c1-11-5-6-16(12(2)7-11)18(4)10-14-8-15(9-17)19-13(14)3/h5-8H,9-10,17H2,1-4H3. The molecule has 0 fully saturated rings. The van der Waals surface area contributed by atoms with Crippen LogP contribution < -0.4 is 10.6 Å². The Morgan fingerprint density at radius 1 is 1.16 bits per heavy atom. The van der Waals surface area contributed by atoms with Gasteiger partial charge in [0.15, 0.2) is 0 Å². The second-order valence-electron chi connectivity index (χ2n) is 5.14. The zero-order chi connectivity index (χ0) is 14.0. The average Bonchev–Trinajstić information content (AvgIpc) is 2.70. The number of thiophene rings is 1. The van der Waals surface area contributed by atoms with Crippen molar-refractivity contribution in [3.05, 3.63) is 50.7 Å².